The van der Waals surface area contributed by atoms with Gasteiger partial charge in [0.2, 0.25) is 0 Å². The summed E-state index contributed by atoms with van der Waals surface area (Å²) in [5.41, 5.74) is 5.73. The third kappa shape index (κ3) is 4.20. The van der Waals surface area contributed by atoms with E-state index in [1.807, 2.05) is 12.1 Å². The number of carbonyl (C=O) groups excluding carboxylic acids is 1. The zero-order chi connectivity index (χ0) is 21.4. The summed E-state index contributed by atoms with van der Waals surface area (Å²) in [5, 5.41) is 19.9. The van der Waals surface area contributed by atoms with Crippen molar-refractivity contribution in [2.45, 2.75) is 25.5 Å². The fraction of sp³-hybridized carbons (Fsp3) is 0.480. The standard InChI is InChI=1S/C25H31N3O3/c29-17-18-12-28(13-18)22-5-6-24-20(11-22)8-10-27(25(24)31)16-23(30)15-26-9-7-19-3-1-2-4-21(19)14-26/h1-6,11,18,23,29-30H,7-10,12-17H2. The monoisotopic (exact) mass is 421 g/mol. The first-order chi connectivity index (χ1) is 15.1. The van der Waals surface area contributed by atoms with Crippen molar-refractivity contribution in [1.29, 1.82) is 0 Å². The summed E-state index contributed by atoms with van der Waals surface area (Å²) in [6.45, 7) is 5.41. The molecule has 3 aliphatic rings. The first-order valence-corrected chi connectivity index (χ1v) is 11.4. The highest BCUT2D eigenvalue weighted by atomic mass is 16.3. The lowest BCUT2D eigenvalue weighted by Gasteiger charge is -2.41. The predicted octanol–water partition coefficient (Wildman–Crippen LogP) is 1.53. The average molecular weight is 422 g/mol. The molecule has 164 valence electrons. The van der Waals surface area contributed by atoms with Crippen molar-refractivity contribution in [3.8, 4) is 0 Å². The lowest BCUT2D eigenvalue weighted by molar-refractivity contribution is 0.0493. The number of amides is 1. The van der Waals surface area contributed by atoms with Gasteiger partial charge < -0.3 is 20.0 Å². The highest BCUT2D eigenvalue weighted by molar-refractivity contribution is 5.97. The van der Waals surface area contributed by atoms with Crippen molar-refractivity contribution < 1.29 is 15.0 Å². The van der Waals surface area contributed by atoms with Crippen LogP contribution >= 0.6 is 0 Å². The van der Waals surface area contributed by atoms with Crippen molar-refractivity contribution in [2.24, 2.45) is 5.92 Å². The molecule has 1 fully saturated rings. The van der Waals surface area contributed by atoms with Crippen molar-refractivity contribution in [3.63, 3.8) is 0 Å². The summed E-state index contributed by atoms with van der Waals surface area (Å²) < 4.78 is 0. The second kappa shape index (κ2) is 8.61. The molecular formula is C25H31N3O3. The number of rotatable bonds is 6. The topological polar surface area (TPSA) is 67.2 Å². The maximum atomic E-state index is 13.0. The third-order valence-electron chi connectivity index (χ3n) is 6.95. The molecule has 3 aliphatic heterocycles. The molecule has 3 heterocycles. The molecule has 0 bridgehead atoms. The summed E-state index contributed by atoms with van der Waals surface area (Å²) in [6, 6.07) is 14.6. The molecule has 0 aliphatic carbocycles. The van der Waals surface area contributed by atoms with E-state index in [9.17, 15) is 15.0 Å². The van der Waals surface area contributed by atoms with Crippen LogP contribution in [0.1, 0.15) is 27.0 Å². The molecule has 0 aromatic heterocycles. The summed E-state index contributed by atoms with van der Waals surface area (Å²) in [7, 11) is 0. The highest BCUT2D eigenvalue weighted by Gasteiger charge is 2.30. The number of benzene rings is 2. The molecule has 6 heteroatoms. The molecule has 2 N–H and O–H groups in total. The fourth-order valence-corrected chi connectivity index (χ4v) is 5.11. The van der Waals surface area contributed by atoms with E-state index in [-0.39, 0.29) is 12.5 Å². The van der Waals surface area contributed by atoms with Crippen molar-refractivity contribution >= 4 is 11.6 Å². The minimum absolute atomic E-state index is 0.0210. The molecular weight excluding hydrogens is 390 g/mol. The largest absolute Gasteiger partial charge is 0.396 e. The van der Waals surface area contributed by atoms with Crippen LogP contribution in [0.2, 0.25) is 0 Å². The quantitative estimate of drug-likeness (QED) is 0.741. The summed E-state index contributed by atoms with van der Waals surface area (Å²) >= 11 is 0. The van der Waals surface area contributed by atoms with Gasteiger partial charge in [0, 0.05) is 69.6 Å². The lowest BCUT2D eigenvalue weighted by atomic mass is 9.95. The first-order valence-electron chi connectivity index (χ1n) is 11.4. The van der Waals surface area contributed by atoms with Gasteiger partial charge in [-0.1, -0.05) is 24.3 Å². The van der Waals surface area contributed by atoms with Crippen LogP contribution in [-0.2, 0) is 19.4 Å². The second-order valence-corrected chi connectivity index (χ2v) is 9.20. The fourth-order valence-electron chi connectivity index (χ4n) is 5.11. The van der Waals surface area contributed by atoms with Gasteiger partial charge in [-0.2, -0.15) is 0 Å². The minimum atomic E-state index is -0.550. The zero-order valence-electron chi connectivity index (χ0n) is 17.9. The number of β-amino-alcohol motifs (C(OH)–C–C–N with tert-alkyl or cyclic N) is 1. The number of hydrogen-bond acceptors (Lipinski definition) is 5. The molecule has 1 saturated heterocycles. The Kier molecular flexibility index (Phi) is 5.69. The van der Waals surface area contributed by atoms with E-state index in [0.29, 0.717) is 25.6 Å². The Bertz CT molecular complexity index is 957. The predicted molar refractivity (Wildman–Crippen MR) is 120 cm³/mol. The Balaban J connectivity index is 1.18. The zero-order valence-corrected chi connectivity index (χ0v) is 17.9. The summed E-state index contributed by atoms with van der Waals surface area (Å²) in [4.78, 5) is 19.4. The van der Waals surface area contributed by atoms with E-state index in [2.05, 4.69) is 40.1 Å². The molecule has 2 aromatic carbocycles. The van der Waals surface area contributed by atoms with Crippen molar-refractivity contribution in [1.82, 2.24) is 9.80 Å². The molecule has 1 unspecified atom stereocenters. The number of hydrogen-bond donors (Lipinski definition) is 2. The van der Waals surface area contributed by atoms with Gasteiger partial charge in [0.05, 0.1) is 6.10 Å². The van der Waals surface area contributed by atoms with Crippen LogP contribution in [0.15, 0.2) is 42.5 Å². The normalized spacial score (nSPS) is 20.3. The van der Waals surface area contributed by atoms with Gasteiger partial charge in [-0.15, -0.1) is 0 Å². The van der Waals surface area contributed by atoms with E-state index in [1.165, 1.54) is 11.1 Å². The Hall–Kier alpha value is -2.41. The molecule has 1 atom stereocenters. The average Bonchev–Trinajstić information content (AvgIpc) is 2.75. The molecule has 0 spiro atoms. The summed E-state index contributed by atoms with van der Waals surface area (Å²) in [5.74, 6) is 0.385. The van der Waals surface area contributed by atoms with Gasteiger partial charge in [-0.05, 0) is 47.7 Å². The number of nitrogens with zero attached hydrogens (tertiary/aromatic N) is 3. The van der Waals surface area contributed by atoms with E-state index in [4.69, 9.17) is 0 Å². The third-order valence-corrected chi connectivity index (χ3v) is 6.95. The first kappa shape index (κ1) is 20.5. The SMILES string of the molecule is O=C1c2ccc(N3CC(CO)C3)cc2CCN1CC(O)CN1CCc2ccccc2C1. The van der Waals surface area contributed by atoms with E-state index >= 15 is 0 Å². The van der Waals surface area contributed by atoms with Crippen LogP contribution in [0.4, 0.5) is 5.69 Å². The number of anilines is 1. The Morgan fingerprint density at radius 1 is 0.968 bits per heavy atom. The smallest absolute Gasteiger partial charge is 0.254 e. The highest BCUT2D eigenvalue weighted by Crippen LogP contribution is 2.29. The molecule has 0 saturated carbocycles. The number of aliphatic hydroxyl groups is 2. The maximum absolute atomic E-state index is 13.0. The van der Waals surface area contributed by atoms with Crippen molar-refractivity contribution in [2.75, 3.05) is 50.8 Å². The lowest BCUT2D eigenvalue weighted by Crippen LogP contribution is -2.48. The molecule has 6 nitrogen and oxygen atoms in total. The van der Waals surface area contributed by atoms with Crippen LogP contribution in [-0.4, -0.2) is 77.9 Å². The van der Waals surface area contributed by atoms with E-state index < -0.39 is 6.10 Å². The van der Waals surface area contributed by atoms with Gasteiger partial charge in [0.1, 0.15) is 0 Å². The molecule has 2 aromatic rings. The number of aliphatic hydroxyl groups excluding tert-OH is 2. The Labute approximate surface area is 183 Å². The van der Waals surface area contributed by atoms with Crippen LogP contribution in [0.25, 0.3) is 0 Å². The number of fused-ring (bicyclic) bond motifs is 2. The Morgan fingerprint density at radius 3 is 2.55 bits per heavy atom. The van der Waals surface area contributed by atoms with Crippen LogP contribution < -0.4 is 4.90 Å². The van der Waals surface area contributed by atoms with Gasteiger partial charge in [-0.3, -0.25) is 9.69 Å². The van der Waals surface area contributed by atoms with Crippen molar-refractivity contribution in [3.05, 3.63) is 64.7 Å². The van der Waals surface area contributed by atoms with Gasteiger partial charge >= 0.3 is 0 Å². The van der Waals surface area contributed by atoms with Crippen LogP contribution in [0.5, 0.6) is 0 Å². The second-order valence-electron chi connectivity index (χ2n) is 9.20. The van der Waals surface area contributed by atoms with E-state index in [1.54, 1.807) is 4.90 Å². The molecule has 31 heavy (non-hydrogen) atoms. The van der Waals surface area contributed by atoms with Crippen LogP contribution in [0, 0.1) is 5.92 Å². The van der Waals surface area contributed by atoms with Gasteiger partial charge in [0.25, 0.3) is 5.91 Å². The Morgan fingerprint density at radius 2 is 1.74 bits per heavy atom. The molecule has 1 amide bonds. The number of carbonyl (C=O) groups is 1. The van der Waals surface area contributed by atoms with Gasteiger partial charge in [-0.25, -0.2) is 0 Å². The molecule has 5 rings (SSSR count). The minimum Gasteiger partial charge on any atom is -0.396 e. The van der Waals surface area contributed by atoms with Gasteiger partial charge in [0.15, 0.2) is 0 Å². The maximum Gasteiger partial charge on any atom is 0.254 e. The summed E-state index contributed by atoms with van der Waals surface area (Å²) in [6.07, 6.45) is 1.28. The van der Waals surface area contributed by atoms with E-state index in [0.717, 1.165) is 55.8 Å². The molecule has 0 radical (unpaired) electrons. The van der Waals surface area contributed by atoms with Crippen LogP contribution in [0.3, 0.4) is 0 Å².